The van der Waals surface area contributed by atoms with Crippen LogP contribution in [-0.2, 0) is 0 Å². The second-order valence-corrected chi connectivity index (χ2v) is 4.66. The van der Waals surface area contributed by atoms with E-state index >= 15 is 0 Å². The molecule has 1 heterocycles. The summed E-state index contributed by atoms with van der Waals surface area (Å²) in [7, 11) is 0. The summed E-state index contributed by atoms with van der Waals surface area (Å²) in [6, 6.07) is 0. The molecule has 0 aromatic heterocycles. The Hall–Kier alpha value is 0.270. The first kappa shape index (κ1) is 9.36. The Morgan fingerprint density at radius 2 is 2.55 bits per heavy atom. The highest BCUT2D eigenvalue weighted by Gasteiger charge is 2.15. The minimum atomic E-state index is 0.310. The molecule has 66 valence electrons. The maximum absolute atomic E-state index is 8.77. The van der Waals surface area contributed by atoms with Gasteiger partial charge in [0.1, 0.15) is 0 Å². The number of rotatable bonds is 4. The summed E-state index contributed by atoms with van der Waals surface area (Å²) < 4.78 is 0. The Morgan fingerprint density at radius 1 is 1.73 bits per heavy atom. The van der Waals surface area contributed by atoms with Crippen LogP contribution in [0.4, 0.5) is 0 Å². The molecule has 2 N–H and O–H groups in total. The first-order valence-electron chi connectivity index (χ1n) is 4.26. The zero-order valence-corrected chi connectivity index (χ0v) is 7.86. The van der Waals surface area contributed by atoms with Crippen LogP contribution in [0.25, 0.3) is 0 Å². The van der Waals surface area contributed by atoms with Crippen molar-refractivity contribution in [1.29, 1.82) is 0 Å². The molecule has 2 nitrogen and oxygen atoms in total. The summed E-state index contributed by atoms with van der Waals surface area (Å²) in [6.45, 7) is 4.74. The van der Waals surface area contributed by atoms with Crippen molar-refractivity contribution in [2.75, 3.05) is 25.4 Å². The first-order chi connectivity index (χ1) is 5.33. The normalized spacial score (nSPS) is 27.3. The van der Waals surface area contributed by atoms with Gasteiger partial charge in [-0.2, -0.15) is 11.8 Å². The fourth-order valence-corrected chi connectivity index (χ4v) is 2.20. The zero-order chi connectivity index (χ0) is 8.10. The van der Waals surface area contributed by atoms with Gasteiger partial charge >= 0.3 is 0 Å². The summed E-state index contributed by atoms with van der Waals surface area (Å²) in [5, 5.41) is 12.5. The van der Waals surface area contributed by atoms with Crippen LogP contribution in [0.5, 0.6) is 0 Å². The van der Waals surface area contributed by atoms with Crippen molar-refractivity contribution in [3.63, 3.8) is 0 Å². The van der Waals surface area contributed by atoms with Crippen LogP contribution in [0.15, 0.2) is 0 Å². The SMILES string of the molecule is CC(CO)SCC1CCNC1. The molecule has 2 atom stereocenters. The predicted molar refractivity (Wildman–Crippen MR) is 50.0 cm³/mol. The van der Waals surface area contributed by atoms with Crippen LogP contribution in [-0.4, -0.2) is 35.8 Å². The number of thioether (sulfide) groups is 1. The average molecular weight is 175 g/mol. The van der Waals surface area contributed by atoms with Gasteiger partial charge in [-0.1, -0.05) is 6.92 Å². The molecule has 0 aromatic rings. The minimum Gasteiger partial charge on any atom is -0.395 e. The summed E-state index contributed by atoms with van der Waals surface area (Å²) in [4.78, 5) is 0. The number of aliphatic hydroxyl groups is 1. The molecule has 3 heteroatoms. The molecule has 1 saturated heterocycles. The molecule has 2 unspecified atom stereocenters. The van der Waals surface area contributed by atoms with Crippen molar-refractivity contribution in [3.8, 4) is 0 Å². The summed E-state index contributed by atoms with van der Waals surface area (Å²) >= 11 is 1.88. The quantitative estimate of drug-likeness (QED) is 0.660. The van der Waals surface area contributed by atoms with Crippen molar-refractivity contribution in [2.24, 2.45) is 5.92 Å². The molecule has 1 aliphatic rings. The van der Waals surface area contributed by atoms with Crippen LogP contribution in [0.3, 0.4) is 0 Å². The third kappa shape index (κ3) is 3.45. The largest absolute Gasteiger partial charge is 0.395 e. The Kier molecular flexibility index (Phi) is 4.26. The highest BCUT2D eigenvalue weighted by molar-refractivity contribution is 7.99. The topological polar surface area (TPSA) is 32.3 Å². The number of nitrogens with one attached hydrogen (secondary N) is 1. The Bertz CT molecular complexity index is 104. The Labute approximate surface area is 72.8 Å². The third-order valence-corrected chi connectivity index (χ3v) is 3.42. The maximum atomic E-state index is 8.77. The first-order valence-corrected chi connectivity index (χ1v) is 5.31. The van der Waals surface area contributed by atoms with Crippen LogP contribution in [0, 0.1) is 5.92 Å². The van der Waals surface area contributed by atoms with E-state index < -0.39 is 0 Å². The second kappa shape index (κ2) is 5.01. The lowest BCUT2D eigenvalue weighted by molar-refractivity contribution is 0.300. The van der Waals surface area contributed by atoms with E-state index in [4.69, 9.17) is 5.11 Å². The molecule has 0 bridgehead atoms. The van der Waals surface area contributed by atoms with E-state index in [0.29, 0.717) is 11.9 Å². The molecular weight excluding hydrogens is 158 g/mol. The lowest BCUT2D eigenvalue weighted by Gasteiger charge is -2.11. The molecular formula is C8H17NOS. The zero-order valence-electron chi connectivity index (χ0n) is 7.05. The van der Waals surface area contributed by atoms with Crippen LogP contribution in [0.1, 0.15) is 13.3 Å². The van der Waals surface area contributed by atoms with Gasteiger partial charge < -0.3 is 10.4 Å². The molecule has 0 spiro atoms. The van der Waals surface area contributed by atoms with Crippen molar-refractivity contribution < 1.29 is 5.11 Å². The monoisotopic (exact) mass is 175 g/mol. The highest BCUT2D eigenvalue weighted by atomic mass is 32.2. The third-order valence-electron chi connectivity index (χ3n) is 2.04. The standard InChI is InChI=1S/C8H17NOS/c1-7(5-10)11-6-8-2-3-9-4-8/h7-10H,2-6H2,1H3. The van der Waals surface area contributed by atoms with Gasteiger partial charge in [0.15, 0.2) is 0 Å². The number of aliphatic hydroxyl groups excluding tert-OH is 1. The van der Waals surface area contributed by atoms with E-state index in [1.54, 1.807) is 0 Å². The fourth-order valence-electron chi connectivity index (χ4n) is 1.21. The summed E-state index contributed by atoms with van der Waals surface area (Å²) in [5.74, 6) is 2.04. The van der Waals surface area contributed by atoms with Crippen LogP contribution >= 0.6 is 11.8 Å². The van der Waals surface area contributed by atoms with Crippen LogP contribution < -0.4 is 5.32 Å². The van der Waals surface area contributed by atoms with Gasteiger partial charge in [0, 0.05) is 5.25 Å². The lowest BCUT2D eigenvalue weighted by atomic mass is 10.2. The highest BCUT2D eigenvalue weighted by Crippen LogP contribution is 2.18. The molecule has 0 aromatic carbocycles. The number of hydrogen-bond acceptors (Lipinski definition) is 3. The van der Waals surface area contributed by atoms with Gasteiger partial charge in [0.25, 0.3) is 0 Å². The van der Waals surface area contributed by atoms with E-state index in [2.05, 4.69) is 12.2 Å². The van der Waals surface area contributed by atoms with E-state index in [-0.39, 0.29) is 0 Å². The van der Waals surface area contributed by atoms with Gasteiger partial charge in [-0.15, -0.1) is 0 Å². The molecule has 11 heavy (non-hydrogen) atoms. The van der Waals surface area contributed by atoms with Gasteiger partial charge in [-0.3, -0.25) is 0 Å². The smallest absolute Gasteiger partial charge is 0.0547 e. The van der Waals surface area contributed by atoms with E-state index in [1.807, 2.05) is 11.8 Å². The van der Waals surface area contributed by atoms with E-state index in [0.717, 1.165) is 5.92 Å². The average Bonchev–Trinajstić information content (AvgIpc) is 2.52. The van der Waals surface area contributed by atoms with Gasteiger partial charge in [0.05, 0.1) is 6.61 Å². The predicted octanol–water partition coefficient (Wildman–Crippen LogP) is 0.710. The second-order valence-electron chi connectivity index (χ2n) is 3.19. The Morgan fingerprint density at radius 3 is 3.09 bits per heavy atom. The molecule has 1 rings (SSSR count). The van der Waals surface area contributed by atoms with Crippen molar-refractivity contribution in [2.45, 2.75) is 18.6 Å². The molecule has 1 aliphatic heterocycles. The van der Waals surface area contributed by atoms with Gasteiger partial charge in [0.2, 0.25) is 0 Å². The summed E-state index contributed by atoms with van der Waals surface area (Å²) in [5.41, 5.74) is 0. The molecule has 0 amide bonds. The molecule has 0 saturated carbocycles. The molecule has 0 aliphatic carbocycles. The van der Waals surface area contributed by atoms with Crippen LogP contribution in [0.2, 0.25) is 0 Å². The maximum Gasteiger partial charge on any atom is 0.0547 e. The fraction of sp³-hybridized carbons (Fsp3) is 1.00. The minimum absolute atomic E-state index is 0.310. The van der Waals surface area contributed by atoms with Crippen molar-refractivity contribution >= 4 is 11.8 Å². The van der Waals surface area contributed by atoms with E-state index in [9.17, 15) is 0 Å². The van der Waals surface area contributed by atoms with Gasteiger partial charge in [-0.05, 0) is 31.2 Å². The van der Waals surface area contributed by atoms with E-state index in [1.165, 1.54) is 25.3 Å². The molecule has 1 fully saturated rings. The lowest BCUT2D eigenvalue weighted by Crippen LogP contribution is -2.13. The van der Waals surface area contributed by atoms with Gasteiger partial charge in [-0.25, -0.2) is 0 Å². The number of hydrogen-bond donors (Lipinski definition) is 2. The summed E-state index contributed by atoms with van der Waals surface area (Å²) in [6.07, 6.45) is 1.31. The molecule has 0 radical (unpaired) electrons. The Balaban J connectivity index is 2.01. The van der Waals surface area contributed by atoms with Crippen molar-refractivity contribution in [1.82, 2.24) is 5.32 Å². The van der Waals surface area contributed by atoms with Crippen molar-refractivity contribution in [3.05, 3.63) is 0 Å².